The van der Waals surface area contributed by atoms with E-state index in [0.29, 0.717) is 0 Å². The topological polar surface area (TPSA) is 30.2 Å². The van der Waals surface area contributed by atoms with E-state index < -0.39 is 0 Å². The van der Waals surface area contributed by atoms with Crippen LogP contribution in [0.1, 0.15) is 11.1 Å². The first-order valence-electron chi connectivity index (χ1n) is 3.54. The highest BCUT2D eigenvalue weighted by Gasteiger charge is 2.00. The Kier molecular flexibility index (Phi) is 1.18. The Bertz CT molecular complexity index is 389. The van der Waals surface area contributed by atoms with Crippen LogP contribution >= 0.6 is 0 Å². The van der Waals surface area contributed by atoms with E-state index in [0.717, 1.165) is 5.65 Å². The van der Waals surface area contributed by atoms with Crippen LogP contribution in [0, 0.1) is 13.8 Å². The molecule has 0 fully saturated rings. The van der Waals surface area contributed by atoms with Gasteiger partial charge in [0.1, 0.15) is 0 Å². The highest BCUT2D eigenvalue weighted by Crippen LogP contribution is 2.09. The number of hydrogen-bond acceptors (Lipinski definition) is 2. The van der Waals surface area contributed by atoms with Gasteiger partial charge in [0, 0.05) is 12.4 Å². The van der Waals surface area contributed by atoms with Crippen LogP contribution in [0.15, 0.2) is 18.6 Å². The first-order chi connectivity index (χ1) is 5.29. The van der Waals surface area contributed by atoms with Crippen molar-refractivity contribution < 1.29 is 0 Å². The molecule has 0 saturated heterocycles. The average molecular weight is 147 g/mol. The third-order valence-electron chi connectivity index (χ3n) is 1.92. The molecule has 0 saturated carbocycles. The molecule has 0 N–H and O–H groups in total. The number of nitrogens with zero attached hydrogens (tertiary/aromatic N) is 3. The smallest absolute Gasteiger partial charge is 0.156 e. The zero-order valence-corrected chi connectivity index (χ0v) is 6.57. The summed E-state index contributed by atoms with van der Waals surface area (Å²) in [5, 5.41) is 4.16. The van der Waals surface area contributed by atoms with Crippen molar-refractivity contribution in [2.75, 3.05) is 0 Å². The number of aromatic nitrogens is 3. The normalized spacial score (nSPS) is 10.7. The lowest BCUT2D eigenvalue weighted by molar-refractivity contribution is 0.916. The van der Waals surface area contributed by atoms with Crippen molar-refractivity contribution in [3.8, 4) is 0 Å². The average Bonchev–Trinajstić information content (AvgIpc) is 2.45. The molecule has 0 aliphatic heterocycles. The van der Waals surface area contributed by atoms with E-state index in [1.54, 1.807) is 10.7 Å². The molecule has 0 unspecified atom stereocenters. The quantitative estimate of drug-likeness (QED) is 0.563. The second-order valence-electron chi connectivity index (χ2n) is 2.65. The molecule has 3 heteroatoms. The first kappa shape index (κ1) is 6.34. The van der Waals surface area contributed by atoms with Gasteiger partial charge >= 0.3 is 0 Å². The van der Waals surface area contributed by atoms with Gasteiger partial charge in [-0.2, -0.15) is 5.10 Å². The minimum atomic E-state index is 0.949. The molecule has 2 aromatic rings. The van der Waals surface area contributed by atoms with Crippen molar-refractivity contribution in [3.63, 3.8) is 0 Å². The van der Waals surface area contributed by atoms with Gasteiger partial charge in [-0.3, -0.25) is 0 Å². The minimum Gasteiger partial charge on any atom is -0.235 e. The van der Waals surface area contributed by atoms with Crippen LogP contribution in [-0.4, -0.2) is 14.6 Å². The lowest BCUT2D eigenvalue weighted by atomic mass is 10.2. The Hall–Kier alpha value is -1.38. The van der Waals surface area contributed by atoms with Crippen LogP contribution in [-0.2, 0) is 0 Å². The SMILES string of the molecule is Cc1cnn2ccnc2c1C. The Morgan fingerprint density at radius 2 is 2.18 bits per heavy atom. The molecule has 0 bridgehead atoms. The predicted octanol–water partition coefficient (Wildman–Crippen LogP) is 1.35. The third-order valence-corrected chi connectivity index (χ3v) is 1.92. The molecule has 0 aliphatic rings. The van der Waals surface area contributed by atoms with Gasteiger partial charge in [0.25, 0.3) is 0 Å². The molecule has 0 atom stereocenters. The molecule has 0 aliphatic carbocycles. The first-order valence-corrected chi connectivity index (χ1v) is 3.54. The van der Waals surface area contributed by atoms with E-state index >= 15 is 0 Å². The van der Waals surface area contributed by atoms with Crippen molar-refractivity contribution >= 4 is 5.65 Å². The molecule has 0 amide bonds. The van der Waals surface area contributed by atoms with Crippen molar-refractivity contribution in [3.05, 3.63) is 29.7 Å². The van der Waals surface area contributed by atoms with E-state index in [2.05, 4.69) is 17.0 Å². The van der Waals surface area contributed by atoms with Gasteiger partial charge in [0.2, 0.25) is 0 Å². The van der Waals surface area contributed by atoms with Crippen LogP contribution in [0.25, 0.3) is 5.65 Å². The molecule has 2 rings (SSSR count). The molecular weight excluding hydrogens is 138 g/mol. The van der Waals surface area contributed by atoms with Gasteiger partial charge in [0.15, 0.2) is 5.65 Å². The molecule has 0 spiro atoms. The standard InChI is InChI=1S/C8H9N3/c1-6-5-10-11-4-3-9-8(11)7(6)2/h3-5H,1-2H3. The zero-order chi connectivity index (χ0) is 7.84. The summed E-state index contributed by atoms with van der Waals surface area (Å²) in [4.78, 5) is 4.18. The van der Waals surface area contributed by atoms with Gasteiger partial charge < -0.3 is 0 Å². The molecule has 0 radical (unpaired) electrons. The Balaban J connectivity index is 2.93. The van der Waals surface area contributed by atoms with E-state index in [4.69, 9.17) is 0 Å². The number of rotatable bonds is 0. The summed E-state index contributed by atoms with van der Waals surface area (Å²) in [5.74, 6) is 0. The third kappa shape index (κ3) is 0.808. The van der Waals surface area contributed by atoms with Crippen LogP contribution in [0.4, 0.5) is 0 Å². The summed E-state index contributed by atoms with van der Waals surface area (Å²) >= 11 is 0. The summed E-state index contributed by atoms with van der Waals surface area (Å²) in [6.07, 6.45) is 5.46. The lowest BCUT2D eigenvalue weighted by Gasteiger charge is -1.99. The predicted molar refractivity (Wildman–Crippen MR) is 42.5 cm³/mol. The van der Waals surface area contributed by atoms with Crippen LogP contribution in [0.3, 0.4) is 0 Å². The Morgan fingerprint density at radius 3 is 3.00 bits per heavy atom. The highest BCUT2D eigenvalue weighted by atomic mass is 15.2. The molecule has 0 aromatic carbocycles. The molecule has 2 aromatic heterocycles. The second-order valence-corrected chi connectivity index (χ2v) is 2.65. The van der Waals surface area contributed by atoms with Crippen LogP contribution in [0.5, 0.6) is 0 Å². The van der Waals surface area contributed by atoms with Gasteiger partial charge in [-0.15, -0.1) is 0 Å². The zero-order valence-electron chi connectivity index (χ0n) is 6.57. The fourth-order valence-corrected chi connectivity index (χ4v) is 1.08. The highest BCUT2D eigenvalue weighted by molar-refractivity contribution is 5.48. The van der Waals surface area contributed by atoms with Crippen LogP contribution in [0.2, 0.25) is 0 Å². The van der Waals surface area contributed by atoms with Gasteiger partial charge in [-0.25, -0.2) is 9.50 Å². The van der Waals surface area contributed by atoms with Gasteiger partial charge in [-0.1, -0.05) is 0 Å². The maximum Gasteiger partial charge on any atom is 0.156 e. The summed E-state index contributed by atoms with van der Waals surface area (Å²) in [7, 11) is 0. The number of aryl methyl sites for hydroxylation is 2. The maximum atomic E-state index is 4.18. The fourth-order valence-electron chi connectivity index (χ4n) is 1.08. The fraction of sp³-hybridized carbons (Fsp3) is 0.250. The molecule has 56 valence electrons. The van der Waals surface area contributed by atoms with E-state index in [-0.39, 0.29) is 0 Å². The van der Waals surface area contributed by atoms with Crippen molar-refractivity contribution in [2.45, 2.75) is 13.8 Å². The van der Waals surface area contributed by atoms with Gasteiger partial charge in [-0.05, 0) is 25.0 Å². The summed E-state index contributed by atoms with van der Waals surface area (Å²) in [5.41, 5.74) is 3.33. The molecular formula is C8H9N3. The Morgan fingerprint density at radius 1 is 1.36 bits per heavy atom. The molecule has 2 heterocycles. The molecule has 11 heavy (non-hydrogen) atoms. The number of hydrogen-bond donors (Lipinski definition) is 0. The summed E-state index contributed by atoms with van der Waals surface area (Å²) in [6.45, 7) is 4.09. The van der Waals surface area contributed by atoms with E-state index in [9.17, 15) is 0 Å². The van der Waals surface area contributed by atoms with Crippen molar-refractivity contribution in [1.82, 2.24) is 14.6 Å². The number of imidazole rings is 1. The maximum absolute atomic E-state index is 4.18. The number of fused-ring (bicyclic) bond motifs is 1. The Labute approximate surface area is 64.7 Å². The van der Waals surface area contributed by atoms with Crippen molar-refractivity contribution in [2.24, 2.45) is 0 Å². The van der Waals surface area contributed by atoms with E-state index in [1.807, 2.05) is 19.3 Å². The van der Waals surface area contributed by atoms with Crippen LogP contribution < -0.4 is 0 Å². The second kappa shape index (κ2) is 2.05. The minimum absolute atomic E-state index is 0.949. The van der Waals surface area contributed by atoms with Gasteiger partial charge in [0.05, 0.1) is 6.20 Å². The summed E-state index contributed by atoms with van der Waals surface area (Å²) < 4.78 is 1.78. The van der Waals surface area contributed by atoms with Crippen molar-refractivity contribution in [1.29, 1.82) is 0 Å². The summed E-state index contributed by atoms with van der Waals surface area (Å²) in [6, 6.07) is 0. The largest absolute Gasteiger partial charge is 0.235 e. The van der Waals surface area contributed by atoms with E-state index in [1.165, 1.54) is 11.1 Å². The monoisotopic (exact) mass is 147 g/mol. The lowest BCUT2D eigenvalue weighted by Crippen LogP contribution is -1.94. The molecule has 3 nitrogen and oxygen atoms in total.